The lowest BCUT2D eigenvalue weighted by atomic mass is 10.1. The molecule has 0 bridgehead atoms. The fraction of sp³-hybridized carbons (Fsp3) is 0.364. The topological polar surface area (TPSA) is 90.5 Å². The highest BCUT2D eigenvalue weighted by Crippen LogP contribution is 2.32. The second kappa shape index (κ2) is 8.74. The number of nitro benzene ring substituents is 1. The molecule has 1 saturated heterocycles. The number of nitro groups is 1. The summed E-state index contributed by atoms with van der Waals surface area (Å²) in [7, 11) is 0. The Balaban J connectivity index is 1.88. The first-order chi connectivity index (χ1) is 13.9. The van der Waals surface area contributed by atoms with Gasteiger partial charge in [-0.05, 0) is 56.5 Å². The number of nitriles is 1. The van der Waals surface area contributed by atoms with E-state index in [-0.39, 0.29) is 17.6 Å². The fourth-order valence-electron chi connectivity index (χ4n) is 3.56. The minimum atomic E-state index is -0.412. The Morgan fingerprint density at radius 3 is 2.41 bits per heavy atom. The fourth-order valence-corrected chi connectivity index (χ4v) is 3.56. The third-order valence-electron chi connectivity index (χ3n) is 5.19. The molecule has 0 aliphatic carbocycles. The maximum absolute atomic E-state index is 13.2. The average Bonchev–Trinajstić information content (AvgIpc) is 3.26. The van der Waals surface area contributed by atoms with Crippen molar-refractivity contribution < 1.29 is 9.72 Å². The molecule has 7 heteroatoms. The zero-order chi connectivity index (χ0) is 21.0. The highest BCUT2D eigenvalue weighted by molar-refractivity contribution is 5.96. The van der Waals surface area contributed by atoms with Gasteiger partial charge in [0.05, 0.1) is 16.6 Å². The third kappa shape index (κ3) is 4.54. The molecule has 1 heterocycles. The van der Waals surface area contributed by atoms with Gasteiger partial charge in [0.15, 0.2) is 0 Å². The van der Waals surface area contributed by atoms with Crippen LogP contribution < -0.4 is 4.90 Å². The molecule has 1 amide bonds. The maximum atomic E-state index is 13.2. The zero-order valence-electron chi connectivity index (χ0n) is 16.7. The minimum absolute atomic E-state index is 0.0279. The second-order valence-corrected chi connectivity index (χ2v) is 7.49. The van der Waals surface area contributed by atoms with Crippen molar-refractivity contribution in [1.29, 1.82) is 5.26 Å². The predicted octanol–water partition coefficient (Wildman–Crippen LogP) is 4.12. The van der Waals surface area contributed by atoms with Gasteiger partial charge in [0.2, 0.25) is 0 Å². The summed E-state index contributed by atoms with van der Waals surface area (Å²) in [6.07, 6.45) is 2.03. The normalized spacial score (nSPS) is 13.4. The summed E-state index contributed by atoms with van der Waals surface area (Å²) in [5.41, 5.74) is 2.31. The first-order valence-electron chi connectivity index (χ1n) is 9.74. The van der Waals surface area contributed by atoms with E-state index in [9.17, 15) is 14.9 Å². The number of nitrogens with zero attached hydrogens (tertiary/aromatic N) is 4. The molecule has 0 atom stereocenters. The molecule has 29 heavy (non-hydrogen) atoms. The number of carbonyl (C=O) groups excluding carboxylic acids is 1. The van der Waals surface area contributed by atoms with E-state index < -0.39 is 4.92 Å². The van der Waals surface area contributed by atoms with Crippen molar-refractivity contribution in [3.05, 3.63) is 69.3 Å². The van der Waals surface area contributed by atoms with Crippen LogP contribution in [-0.2, 0) is 6.54 Å². The Bertz CT molecular complexity index is 942. The molecule has 2 aromatic carbocycles. The van der Waals surface area contributed by atoms with Gasteiger partial charge in [-0.25, -0.2) is 0 Å². The minimum Gasteiger partial charge on any atom is -0.366 e. The number of hydrogen-bond acceptors (Lipinski definition) is 5. The molecule has 150 valence electrons. The molecule has 1 fully saturated rings. The van der Waals surface area contributed by atoms with E-state index in [0.29, 0.717) is 23.4 Å². The Kier molecular flexibility index (Phi) is 6.13. The zero-order valence-corrected chi connectivity index (χ0v) is 16.7. The van der Waals surface area contributed by atoms with Crippen LogP contribution in [0.15, 0.2) is 42.5 Å². The van der Waals surface area contributed by atoms with Crippen molar-refractivity contribution in [2.75, 3.05) is 18.0 Å². The molecular formula is C22H24N4O3. The molecule has 7 nitrogen and oxygen atoms in total. The molecule has 3 rings (SSSR count). The maximum Gasteiger partial charge on any atom is 0.293 e. The summed E-state index contributed by atoms with van der Waals surface area (Å²) >= 11 is 0. The average molecular weight is 392 g/mol. The Morgan fingerprint density at radius 1 is 1.21 bits per heavy atom. The van der Waals surface area contributed by atoms with E-state index in [1.165, 1.54) is 6.07 Å². The van der Waals surface area contributed by atoms with Crippen LogP contribution in [0.4, 0.5) is 11.4 Å². The van der Waals surface area contributed by atoms with Crippen LogP contribution in [0.1, 0.15) is 48.2 Å². The van der Waals surface area contributed by atoms with Gasteiger partial charge in [0, 0.05) is 37.3 Å². The summed E-state index contributed by atoms with van der Waals surface area (Å²) in [6.45, 7) is 5.78. The largest absolute Gasteiger partial charge is 0.366 e. The quantitative estimate of drug-likeness (QED) is 0.545. The molecule has 1 aliphatic heterocycles. The van der Waals surface area contributed by atoms with Gasteiger partial charge < -0.3 is 9.80 Å². The van der Waals surface area contributed by atoms with Crippen LogP contribution in [-0.4, -0.2) is 34.9 Å². The molecular weight excluding hydrogens is 368 g/mol. The predicted molar refractivity (Wildman–Crippen MR) is 111 cm³/mol. The van der Waals surface area contributed by atoms with Crippen molar-refractivity contribution in [2.45, 2.75) is 39.3 Å². The van der Waals surface area contributed by atoms with Crippen molar-refractivity contribution in [2.24, 2.45) is 0 Å². The number of rotatable bonds is 6. The van der Waals surface area contributed by atoms with Crippen molar-refractivity contribution in [3.8, 4) is 6.07 Å². The molecule has 2 aromatic rings. The molecule has 0 aromatic heterocycles. The Labute approximate surface area is 170 Å². The van der Waals surface area contributed by atoms with Gasteiger partial charge in [0.25, 0.3) is 11.6 Å². The van der Waals surface area contributed by atoms with Gasteiger partial charge in [0.1, 0.15) is 5.69 Å². The van der Waals surface area contributed by atoms with Crippen LogP contribution in [0.3, 0.4) is 0 Å². The lowest BCUT2D eigenvalue weighted by molar-refractivity contribution is -0.384. The van der Waals surface area contributed by atoms with Gasteiger partial charge >= 0.3 is 0 Å². The molecule has 0 N–H and O–H groups in total. The van der Waals surface area contributed by atoms with Crippen LogP contribution >= 0.6 is 0 Å². The summed E-state index contributed by atoms with van der Waals surface area (Å²) in [4.78, 5) is 28.1. The Morgan fingerprint density at radius 2 is 1.86 bits per heavy atom. The van der Waals surface area contributed by atoms with E-state index >= 15 is 0 Å². The lowest BCUT2D eigenvalue weighted by Gasteiger charge is -2.27. The summed E-state index contributed by atoms with van der Waals surface area (Å²) in [5.74, 6) is -0.250. The number of amides is 1. The number of carbonyl (C=O) groups is 1. The van der Waals surface area contributed by atoms with Gasteiger partial charge in [-0.3, -0.25) is 14.9 Å². The third-order valence-corrected chi connectivity index (χ3v) is 5.19. The molecule has 0 spiro atoms. The van der Waals surface area contributed by atoms with Gasteiger partial charge in [-0.2, -0.15) is 5.26 Å². The summed E-state index contributed by atoms with van der Waals surface area (Å²) in [6, 6.07) is 13.8. The highest BCUT2D eigenvalue weighted by Gasteiger charge is 2.26. The summed E-state index contributed by atoms with van der Waals surface area (Å²) in [5, 5.41) is 20.6. The van der Waals surface area contributed by atoms with E-state index in [1.807, 2.05) is 30.9 Å². The molecule has 1 aliphatic rings. The van der Waals surface area contributed by atoms with Crippen LogP contribution in [0.2, 0.25) is 0 Å². The van der Waals surface area contributed by atoms with Crippen LogP contribution in [0.5, 0.6) is 0 Å². The number of hydrogen-bond donors (Lipinski definition) is 0. The Hall–Kier alpha value is -3.40. The van der Waals surface area contributed by atoms with Crippen LogP contribution in [0.25, 0.3) is 0 Å². The summed E-state index contributed by atoms with van der Waals surface area (Å²) < 4.78 is 0. The van der Waals surface area contributed by atoms with E-state index in [0.717, 1.165) is 31.5 Å². The monoisotopic (exact) mass is 392 g/mol. The van der Waals surface area contributed by atoms with Gasteiger partial charge in [-0.15, -0.1) is 0 Å². The molecule has 0 saturated carbocycles. The van der Waals surface area contributed by atoms with E-state index in [2.05, 4.69) is 6.07 Å². The van der Waals surface area contributed by atoms with E-state index in [4.69, 9.17) is 5.26 Å². The van der Waals surface area contributed by atoms with Crippen molar-refractivity contribution >= 4 is 17.3 Å². The SMILES string of the molecule is CC(C)N(Cc1ccc(C#N)cc1)C(=O)c1ccc(N2CCCC2)c([N+](=O)[O-])c1. The van der Waals surface area contributed by atoms with Crippen molar-refractivity contribution in [1.82, 2.24) is 4.90 Å². The standard InChI is InChI=1S/C22H24N4O3/c1-16(2)25(15-18-7-5-17(14-23)6-8-18)22(27)19-9-10-20(21(13-19)26(28)29)24-11-3-4-12-24/h5-10,13,16H,3-4,11-12,15H2,1-2H3. The molecule has 0 radical (unpaired) electrons. The second-order valence-electron chi connectivity index (χ2n) is 7.49. The molecule has 0 unspecified atom stereocenters. The number of anilines is 1. The smallest absolute Gasteiger partial charge is 0.293 e. The lowest BCUT2D eigenvalue weighted by Crippen LogP contribution is -2.36. The highest BCUT2D eigenvalue weighted by atomic mass is 16.6. The van der Waals surface area contributed by atoms with E-state index in [1.54, 1.807) is 29.2 Å². The van der Waals surface area contributed by atoms with Gasteiger partial charge in [-0.1, -0.05) is 12.1 Å². The van der Waals surface area contributed by atoms with Crippen LogP contribution in [0, 0.1) is 21.4 Å². The number of benzene rings is 2. The first-order valence-corrected chi connectivity index (χ1v) is 9.74. The first kappa shape index (κ1) is 20.3. The van der Waals surface area contributed by atoms with Crippen molar-refractivity contribution in [3.63, 3.8) is 0 Å².